The van der Waals surface area contributed by atoms with Gasteiger partial charge in [0.2, 0.25) is 5.91 Å². The van der Waals surface area contributed by atoms with Crippen LogP contribution in [0.15, 0.2) is 29.3 Å². The third-order valence-corrected chi connectivity index (χ3v) is 4.19. The van der Waals surface area contributed by atoms with E-state index in [2.05, 4.69) is 66.0 Å². The third-order valence-electron chi connectivity index (χ3n) is 4.19. The van der Waals surface area contributed by atoms with Gasteiger partial charge in [-0.05, 0) is 24.5 Å². The zero-order chi connectivity index (χ0) is 19.4. The molecule has 0 unspecified atom stereocenters. The summed E-state index contributed by atoms with van der Waals surface area (Å²) in [6.07, 6.45) is 1.04. The van der Waals surface area contributed by atoms with Gasteiger partial charge in [-0.1, -0.05) is 45.0 Å². The summed E-state index contributed by atoms with van der Waals surface area (Å²) in [4.78, 5) is 16.1. The number of nitrogens with one attached hydrogen (secondary N) is 3. The van der Waals surface area contributed by atoms with E-state index in [-0.39, 0.29) is 41.8 Å². The van der Waals surface area contributed by atoms with Gasteiger partial charge in [0.1, 0.15) is 6.54 Å². The summed E-state index contributed by atoms with van der Waals surface area (Å²) in [5.41, 5.74) is 2.56. The Kier molecular flexibility index (Phi) is 13.1. The van der Waals surface area contributed by atoms with E-state index in [1.165, 1.54) is 11.1 Å². The Labute approximate surface area is 181 Å². The molecule has 3 N–H and O–H groups in total. The van der Waals surface area contributed by atoms with Crippen molar-refractivity contribution in [1.29, 1.82) is 0 Å². The quantitative estimate of drug-likeness (QED) is 0.204. The number of ether oxygens (including phenoxy) is 1. The Hall–Kier alpha value is -1.35. The standard InChI is InChI=1S/C20H34N4O2.HI/c1-6-16-8-10-17(11-9-16)20(3,4)15-24-19(21-7-2)23-14-18(25)22-12-13-26-5;/h8-11H,6-7,12-15H2,1-5H3,(H,22,25)(H2,21,23,24);1H. The molecule has 0 spiro atoms. The molecular weight excluding hydrogens is 455 g/mol. The second-order valence-electron chi connectivity index (χ2n) is 6.83. The first-order valence-corrected chi connectivity index (χ1v) is 9.30. The number of benzene rings is 1. The van der Waals surface area contributed by atoms with Crippen molar-refractivity contribution in [3.8, 4) is 0 Å². The predicted octanol–water partition coefficient (Wildman–Crippen LogP) is 2.46. The van der Waals surface area contributed by atoms with E-state index in [4.69, 9.17) is 4.74 Å². The first-order chi connectivity index (χ1) is 12.4. The van der Waals surface area contributed by atoms with Gasteiger partial charge in [0.15, 0.2) is 5.96 Å². The van der Waals surface area contributed by atoms with Crippen LogP contribution in [0.1, 0.15) is 38.8 Å². The van der Waals surface area contributed by atoms with Crippen LogP contribution >= 0.6 is 24.0 Å². The predicted molar refractivity (Wildman–Crippen MR) is 123 cm³/mol. The lowest BCUT2D eigenvalue weighted by atomic mass is 9.84. The molecule has 27 heavy (non-hydrogen) atoms. The number of carbonyl (C=O) groups is 1. The highest BCUT2D eigenvalue weighted by molar-refractivity contribution is 14.0. The van der Waals surface area contributed by atoms with Crippen LogP contribution in [0, 0.1) is 0 Å². The van der Waals surface area contributed by atoms with Crippen molar-refractivity contribution in [3.63, 3.8) is 0 Å². The van der Waals surface area contributed by atoms with Crippen molar-refractivity contribution < 1.29 is 9.53 Å². The molecule has 6 nitrogen and oxygen atoms in total. The summed E-state index contributed by atoms with van der Waals surface area (Å²) in [7, 11) is 1.61. The molecule has 0 atom stereocenters. The summed E-state index contributed by atoms with van der Waals surface area (Å²) in [5, 5.41) is 9.29. The minimum Gasteiger partial charge on any atom is -0.383 e. The van der Waals surface area contributed by atoms with Crippen LogP contribution in [0.2, 0.25) is 0 Å². The number of hydrogen-bond acceptors (Lipinski definition) is 3. The molecule has 1 amide bonds. The first-order valence-electron chi connectivity index (χ1n) is 9.30. The summed E-state index contributed by atoms with van der Waals surface area (Å²) < 4.78 is 4.91. The van der Waals surface area contributed by atoms with Gasteiger partial charge in [-0.15, -0.1) is 24.0 Å². The first kappa shape index (κ1) is 25.6. The molecule has 0 heterocycles. The molecule has 7 heteroatoms. The van der Waals surface area contributed by atoms with Crippen LogP contribution in [0.5, 0.6) is 0 Å². The lowest BCUT2D eigenvalue weighted by molar-refractivity contribution is -0.119. The van der Waals surface area contributed by atoms with Crippen molar-refractivity contribution in [2.24, 2.45) is 4.99 Å². The molecule has 1 rings (SSSR count). The molecule has 0 bridgehead atoms. The number of hydrogen-bond donors (Lipinski definition) is 3. The molecule has 0 radical (unpaired) electrons. The van der Waals surface area contributed by atoms with E-state index in [9.17, 15) is 4.79 Å². The summed E-state index contributed by atoms with van der Waals surface area (Å²) in [6, 6.07) is 8.74. The number of methoxy groups -OCH3 is 1. The SMILES string of the molecule is CCNC(=NCC(=O)NCCOC)NCC(C)(C)c1ccc(CC)cc1.I. The van der Waals surface area contributed by atoms with Crippen molar-refractivity contribution in [3.05, 3.63) is 35.4 Å². The smallest absolute Gasteiger partial charge is 0.241 e. The molecule has 1 aromatic carbocycles. The molecule has 0 fully saturated rings. The van der Waals surface area contributed by atoms with Gasteiger partial charge < -0.3 is 20.7 Å². The maximum Gasteiger partial charge on any atom is 0.241 e. The topological polar surface area (TPSA) is 74.8 Å². The van der Waals surface area contributed by atoms with Crippen LogP contribution in [0.3, 0.4) is 0 Å². The molecule has 0 aromatic heterocycles. The van der Waals surface area contributed by atoms with Crippen LogP contribution < -0.4 is 16.0 Å². The molecule has 0 aliphatic carbocycles. The number of carbonyl (C=O) groups excluding carboxylic acids is 1. The number of aryl methyl sites for hydroxylation is 1. The molecular formula is C20H35IN4O2. The van der Waals surface area contributed by atoms with Crippen molar-refractivity contribution >= 4 is 35.8 Å². The van der Waals surface area contributed by atoms with Crippen LogP contribution in [-0.4, -0.2) is 51.8 Å². The fourth-order valence-electron chi connectivity index (χ4n) is 2.44. The highest BCUT2D eigenvalue weighted by atomic mass is 127. The Morgan fingerprint density at radius 3 is 2.33 bits per heavy atom. The van der Waals surface area contributed by atoms with Crippen molar-refractivity contribution in [1.82, 2.24) is 16.0 Å². The van der Waals surface area contributed by atoms with Gasteiger partial charge in [0, 0.05) is 32.2 Å². The Bertz CT molecular complexity index is 574. The molecule has 0 saturated carbocycles. The van der Waals surface area contributed by atoms with Gasteiger partial charge in [0.05, 0.1) is 6.61 Å². The third kappa shape index (κ3) is 9.95. The van der Waals surface area contributed by atoms with Crippen molar-refractivity contribution in [2.75, 3.05) is 39.9 Å². The Morgan fingerprint density at radius 1 is 1.11 bits per heavy atom. The van der Waals surface area contributed by atoms with Crippen molar-refractivity contribution in [2.45, 2.75) is 39.5 Å². The highest BCUT2D eigenvalue weighted by Gasteiger charge is 2.20. The summed E-state index contributed by atoms with van der Waals surface area (Å²) >= 11 is 0. The average Bonchev–Trinajstić information content (AvgIpc) is 2.64. The lowest BCUT2D eigenvalue weighted by Crippen LogP contribution is -2.44. The molecule has 0 aliphatic rings. The fourth-order valence-corrected chi connectivity index (χ4v) is 2.44. The van der Waals surface area contributed by atoms with E-state index in [0.29, 0.717) is 19.1 Å². The van der Waals surface area contributed by atoms with Crippen LogP contribution in [-0.2, 0) is 21.4 Å². The van der Waals surface area contributed by atoms with Crippen LogP contribution in [0.25, 0.3) is 0 Å². The van der Waals surface area contributed by atoms with Gasteiger partial charge in [-0.3, -0.25) is 4.79 Å². The fraction of sp³-hybridized carbons (Fsp3) is 0.600. The number of amides is 1. The van der Waals surface area contributed by atoms with E-state index in [1.807, 2.05) is 6.92 Å². The number of halogens is 1. The van der Waals surface area contributed by atoms with E-state index in [1.54, 1.807) is 7.11 Å². The Balaban J connectivity index is 0.00000676. The number of aliphatic imine (C=N–C) groups is 1. The molecule has 0 aliphatic heterocycles. The zero-order valence-corrected chi connectivity index (χ0v) is 19.6. The second-order valence-corrected chi connectivity index (χ2v) is 6.83. The van der Waals surface area contributed by atoms with Gasteiger partial charge in [-0.2, -0.15) is 0 Å². The highest BCUT2D eigenvalue weighted by Crippen LogP contribution is 2.22. The second kappa shape index (κ2) is 13.8. The molecule has 1 aromatic rings. The van der Waals surface area contributed by atoms with E-state index in [0.717, 1.165) is 19.5 Å². The maximum absolute atomic E-state index is 11.8. The minimum atomic E-state index is -0.117. The average molecular weight is 490 g/mol. The van der Waals surface area contributed by atoms with Gasteiger partial charge in [0.25, 0.3) is 0 Å². The number of guanidine groups is 1. The maximum atomic E-state index is 11.8. The van der Waals surface area contributed by atoms with Gasteiger partial charge >= 0.3 is 0 Å². The normalized spacial score (nSPS) is 11.5. The lowest BCUT2D eigenvalue weighted by Gasteiger charge is -2.27. The molecule has 154 valence electrons. The monoisotopic (exact) mass is 490 g/mol. The summed E-state index contributed by atoms with van der Waals surface area (Å²) in [6.45, 7) is 11.1. The van der Waals surface area contributed by atoms with E-state index < -0.39 is 0 Å². The molecule has 0 saturated heterocycles. The van der Waals surface area contributed by atoms with E-state index >= 15 is 0 Å². The number of nitrogens with zero attached hydrogens (tertiary/aromatic N) is 1. The van der Waals surface area contributed by atoms with Gasteiger partial charge in [-0.25, -0.2) is 4.99 Å². The Morgan fingerprint density at radius 2 is 1.78 bits per heavy atom. The largest absolute Gasteiger partial charge is 0.383 e. The van der Waals surface area contributed by atoms with Crippen LogP contribution in [0.4, 0.5) is 0 Å². The zero-order valence-electron chi connectivity index (χ0n) is 17.2. The number of rotatable bonds is 10. The minimum absolute atomic E-state index is 0. The summed E-state index contributed by atoms with van der Waals surface area (Å²) in [5.74, 6) is 0.529.